The molecule has 0 amide bonds. The number of nitrogens with two attached hydrogens (primary N) is 1. The van der Waals surface area contributed by atoms with Gasteiger partial charge in [0.25, 0.3) is 0 Å². The van der Waals surface area contributed by atoms with Crippen LogP contribution in [0.1, 0.15) is 31.7 Å². The summed E-state index contributed by atoms with van der Waals surface area (Å²) in [5, 5.41) is 0. The fourth-order valence-corrected chi connectivity index (χ4v) is 1.61. The van der Waals surface area contributed by atoms with Gasteiger partial charge in [0.1, 0.15) is 0 Å². The predicted molar refractivity (Wildman–Crippen MR) is 54.7 cm³/mol. The van der Waals surface area contributed by atoms with Crippen LogP contribution in [0.25, 0.3) is 0 Å². The molecule has 0 aromatic carbocycles. The molecule has 0 aliphatic heterocycles. The Bertz CT molecular complexity index is 253. The van der Waals surface area contributed by atoms with E-state index in [-0.39, 0.29) is 0 Å². The van der Waals surface area contributed by atoms with Gasteiger partial charge in [-0.15, -0.1) is 0 Å². The van der Waals surface area contributed by atoms with Gasteiger partial charge in [0.05, 0.1) is 12.0 Å². The Hall–Kier alpha value is -0.830. The molecule has 0 saturated carbocycles. The third-order valence-corrected chi connectivity index (χ3v) is 2.31. The monoisotopic (exact) mass is 181 g/mol. The summed E-state index contributed by atoms with van der Waals surface area (Å²) >= 11 is 0. The Balaban J connectivity index is 2.75. The van der Waals surface area contributed by atoms with Crippen molar-refractivity contribution in [2.45, 2.75) is 39.7 Å². The molecule has 1 aromatic rings. The van der Waals surface area contributed by atoms with Crippen molar-refractivity contribution >= 4 is 0 Å². The molecular formula is C10H19N3. The SMILES string of the molecule is CCc1ncn(CCCN)c1CC. The largest absolute Gasteiger partial charge is 0.334 e. The predicted octanol–water partition coefficient (Wildman–Crippen LogP) is 1.36. The maximum Gasteiger partial charge on any atom is 0.0951 e. The van der Waals surface area contributed by atoms with Crippen LogP contribution in [0.15, 0.2) is 6.33 Å². The van der Waals surface area contributed by atoms with E-state index in [0.29, 0.717) is 0 Å². The average molecular weight is 181 g/mol. The van der Waals surface area contributed by atoms with Gasteiger partial charge in [-0.05, 0) is 25.8 Å². The Morgan fingerprint density at radius 3 is 2.69 bits per heavy atom. The van der Waals surface area contributed by atoms with Crippen molar-refractivity contribution in [3.63, 3.8) is 0 Å². The normalized spacial score (nSPS) is 10.7. The zero-order valence-electron chi connectivity index (χ0n) is 8.58. The van der Waals surface area contributed by atoms with Gasteiger partial charge in [-0.1, -0.05) is 13.8 Å². The second-order valence-electron chi connectivity index (χ2n) is 3.18. The van der Waals surface area contributed by atoms with Crippen LogP contribution in [-0.4, -0.2) is 16.1 Å². The molecular weight excluding hydrogens is 162 g/mol. The van der Waals surface area contributed by atoms with E-state index in [0.717, 1.165) is 32.4 Å². The maximum atomic E-state index is 5.47. The van der Waals surface area contributed by atoms with E-state index in [4.69, 9.17) is 5.73 Å². The van der Waals surface area contributed by atoms with Crippen LogP contribution >= 0.6 is 0 Å². The first-order valence-electron chi connectivity index (χ1n) is 5.06. The summed E-state index contributed by atoms with van der Waals surface area (Å²) in [7, 11) is 0. The van der Waals surface area contributed by atoms with E-state index in [2.05, 4.69) is 23.4 Å². The van der Waals surface area contributed by atoms with Gasteiger partial charge in [0.15, 0.2) is 0 Å². The van der Waals surface area contributed by atoms with Crippen LogP contribution in [-0.2, 0) is 19.4 Å². The lowest BCUT2D eigenvalue weighted by Crippen LogP contribution is -2.07. The van der Waals surface area contributed by atoms with E-state index in [1.165, 1.54) is 11.4 Å². The molecule has 0 bridgehead atoms. The number of rotatable bonds is 5. The molecule has 0 atom stereocenters. The van der Waals surface area contributed by atoms with Crippen LogP contribution in [0, 0.1) is 0 Å². The third-order valence-electron chi connectivity index (χ3n) is 2.31. The molecule has 2 N–H and O–H groups in total. The molecule has 13 heavy (non-hydrogen) atoms. The van der Waals surface area contributed by atoms with E-state index in [1.54, 1.807) is 0 Å². The molecule has 0 spiro atoms. The highest BCUT2D eigenvalue weighted by Crippen LogP contribution is 2.09. The highest BCUT2D eigenvalue weighted by Gasteiger charge is 2.05. The minimum absolute atomic E-state index is 0.753. The van der Waals surface area contributed by atoms with Crippen LogP contribution in [0.5, 0.6) is 0 Å². The summed E-state index contributed by atoms with van der Waals surface area (Å²) in [5.41, 5.74) is 8.08. The molecule has 0 unspecified atom stereocenters. The van der Waals surface area contributed by atoms with Crippen LogP contribution in [0.4, 0.5) is 0 Å². The first-order chi connectivity index (χ1) is 6.33. The van der Waals surface area contributed by atoms with Crippen molar-refractivity contribution in [1.82, 2.24) is 9.55 Å². The Morgan fingerprint density at radius 2 is 2.15 bits per heavy atom. The number of aryl methyl sites for hydroxylation is 2. The molecule has 0 fully saturated rings. The van der Waals surface area contributed by atoms with E-state index >= 15 is 0 Å². The zero-order chi connectivity index (χ0) is 9.68. The molecule has 0 aliphatic carbocycles. The van der Waals surface area contributed by atoms with E-state index in [1.807, 2.05) is 6.33 Å². The number of nitrogens with zero attached hydrogens (tertiary/aromatic N) is 2. The van der Waals surface area contributed by atoms with Gasteiger partial charge in [-0.2, -0.15) is 0 Å². The van der Waals surface area contributed by atoms with Gasteiger partial charge in [0.2, 0.25) is 0 Å². The summed E-state index contributed by atoms with van der Waals surface area (Å²) in [6.45, 7) is 6.08. The summed E-state index contributed by atoms with van der Waals surface area (Å²) in [4.78, 5) is 4.38. The molecule has 74 valence electrons. The third kappa shape index (κ3) is 2.31. The van der Waals surface area contributed by atoms with Crippen molar-refractivity contribution in [1.29, 1.82) is 0 Å². The second-order valence-corrected chi connectivity index (χ2v) is 3.18. The summed E-state index contributed by atoms with van der Waals surface area (Å²) in [6, 6.07) is 0. The number of hydrogen-bond acceptors (Lipinski definition) is 2. The lowest BCUT2D eigenvalue weighted by atomic mass is 10.2. The average Bonchev–Trinajstić information content (AvgIpc) is 2.56. The van der Waals surface area contributed by atoms with E-state index < -0.39 is 0 Å². The molecule has 0 aliphatic rings. The number of imidazole rings is 1. The topological polar surface area (TPSA) is 43.8 Å². The van der Waals surface area contributed by atoms with Crippen LogP contribution in [0.2, 0.25) is 0 Å². The van der Waals surface area contributed by atoms with Crippen molar-refractivity contribution in [2.24, 2.45) is 5.73 Å². The maximum absolute atomic E-state index is 5.47. The number of hydrogen-bond donors (Lipinski definition) is 1. The second kappa shape index (κ2) is 5.02. The molecule has 1 rings (SSSR count). The molecule has 1 aromatic heterocycles. The van der Waals surface area contributed by atoms with Crippen LogP contribution in [0.3, 0.4) is 0 Å². The molecule has 0 saturated heterocycles. The Kier molecular flexibility index (Phi) is 3.96. The van der Waals surface area contributed by atoms with Gasteiger partial charge in [-0.25, -0.2) is 4.98 Å². The highest BCUT2D eigenvalue weighted by molar-refractivity contribution is 5.12. The van der Waals surface area contributed by atoms with Gasteiger partial charge < -0.3 is 10.3 Å². The van der Waals surface area contributed by atoms with Crippen LogP contribution < -0.4 is 5.73 Å². The fraction of sp³-hybridized carbons (Fsp3) is 0.700. The minimum Gasteiger partial charge on any atom is -0.334 e. The van der Waals surface area contributed by atoms with E-state index in [9.17, 15) is 0 Å². The first kappa shape index (κ1) is 10.3. The van der Waals surface area contributed by atoms with Crippen molar-refractivity contribution in [3.05, 3.63) is 17.7 Å². The first-order valence-corrected chi connectivity index (χ1v) is 5.06. The fourth-order valence-electron chi connectivity index (χ4n) is 1.61. The Labute approximate surface area is 80.0 Å². The summed E-state index contributed by atoms with van der Waals surface area (Å²) in [6.07, 6.45) is 5.06. The molecule has 1 heterocycles. The lowest BCUT2D eigenvalue weighted by molar-refractivity contribution is 0.625. The van der Waals surface area contributed by atoms with Gasteiger partial charge >= 0.3 is 0 Å². The van der Waals surface area contributed by atoms with Crippen molar-refractivity contribution in [3.8, 4) is 0 Å². The summed E-state index contributed by atoms with van der Waals surface area (Å²) < 4.78 is 2.23. The van der Waals surface area contributed by atoms with Crippen molar-refractivity contribution in [2.75, 3.05) is 6.54 Å². The summed E-state index contributed by atoms with van der Waals surface area (Å²) in [5.74, 6) is 0. The number of aromatic nitrogens is 2. The molecule has 0 radical (unpaired) electrons. The van der Waals surface area contributed by atoms with Crippen molar-refractivity contribution < 1.29 is 0 Å². The zero-order valence-corrected chi connectivity index (χ0v) is 8.58. The quantitative estimate of drug-likeness (QED) is 0.745. The smallest absolute Gasteiger partial charge is 0.0951 e. The molecule has 3 nitrogen and oxygen atoms in total. The Morgan fingerprint density at radius 1 is 1.38 bits per heavy atom. The van der Waals surface area contributed by atoms with Gasteiger partial charge in [0, 0.05) is 12.2 Å². The van der Waals surface area contributed by atoms with Gasteiger partial charge in [-0.3, -0.25) is 0 Å². The highest BCUT2D eigenvalue weighted by atomic mass is 15.1. The minimum atomic E-state index is 0.753. The molecule has 3 heteroatoms. The lowest BCUT2D eigenvalue weighted by Gasteiger charge is -2.06. The standard InChI is InChI=1S/C10H19N3/c1-3-9-10(4-2)13(8-12-9)7-5-6-11/h8H,3-7,11H2,1-2H3.